The summed E-state index contributed by atoms with van der Waals surface area (Å²) in [5.74, 6) is 0.378. The van der Waals surface area contributed by atoms with Crippen LogP contribution in [0, 0.1) is 0 Å². The molecule has 14 heavy (non-hydrogen) atoms. The quantitative estimate of drug-likeness (QED) is 0.497. The van der Waals surface area contributed by atoms with E-state index < -0.39 is 0 Å². The molecule has 0 atom stereocenters. The fourth-order valence-corrected chi connectivity index (χ4v) is 1.34. The van der Waals surface area contributed by atoms with E-state index in [1.54, 1.807) is 13.0 Å². The van der Waals surface area contributed by atoms with Crippen molar-refractivity contribution in [2.45, 2.75) is 6.92 Å². The Hall–Kier alpha value is -1.83. The maximum atomic E-state index is 11.2. The lowest BCUT2D eigenvalue weighted by atomic mass is 10.1. The number of benzene rings is 1. The standard InChI is InChI=1S/C12H10O2/c1-9-7-11(12(13)14-9)8-10-5-3-2-4-6-10/h2-8H,1H3/b11-8+. The summed E-state index contributed by atoms with van der Waals surface area (Å²) in [6.07, 6.45) is 3.56. The summed E-state index contributed by atoms with van der Waals surface area (Å²) in [5.41, 5.74) is 1.61. The Labute approximate surface area is 82.5 Å². The molecule has 0 radical (unpaired) electrons. The fraction of sp³-hybridized carbons (Fsp3) is 0.0833. The smallest absolute Gasteiger partial charge is 0.343 e. The third-order valence-electron chi connectivity index (χ3n) is 1.97. The largest absolute Gasteiger partial charge is 0.428 e. The average Bonchev–Trinajstić information content (AvgIpc) is 2.47. The average molecular weight is 186 g/mol. The van der Waals surface area contributed by atoms with Gasteiger partial charge in [-0.25, -0.2) is 4.79 Å². The van der Waals surface area contributed by atoms with E-state index in [1.807, 2.05) is 36.4 Å². The van der Waals surface area contributed by atoms with Gasteiger partial charge in [0.2, 0.25) is 0 Å². The zero-order chi connectivity index (χ0) is 9.97. The molecular weight excluding hydrogens is 176 g/mol. The summed E-state index contributed by atoms with van der Waals surface area (Å²) in [7, 11) is 0. The molecule has 0 saturated heterocycles. The van der Waals surface area contributed by atoms with Gasteiger partial charge in [0.05, 0.1) is 5.57 Å². The Balaban J connectivity index is 2.32. The van der Waals surface area contributed by atoms with Gasteiger partial charge in [-0.05, 0) is 24.6 Å². The predicted octanol–water partition coefficient (Wildman–Crippen LogP) is 2.53. The number of carbonyl (C=O) groups excluding carboxylic acids is 1. The molecule has 2 rings (SSSR count). The number of cyclic esters (lactones) is 1. The predicted molar refractivity (Wildman–Crippen MR) is 54.3 cm³/mol. The van der Waals surface area contributed by atoms with Crippen LogP contribution < -0.4 is 0 Å². The molecule has 2 heteroatoms. The summed E-state index contributed by atoms with van der Waals surface area (Å²) in [5, 5.41) is 0. The second-order valence-electron chi connectivity index (χ2n) is 3.15. The fourth-order valence-electron chi connectivity index (χ4n) is 1.34. The molecular formula is C12H10O2. The number of rotatable bonds is 1. The molecule has 1 heterocycles. The molecule has 0 N–H and O–H groups in total. The maximum absolute atomic E-state index is 11.2. The molecule has 2 nitrogen and oxygen atoms in total. The Bertz CT molecular complexity index is 413. The van der Waals surface area contributed by atoms with Crippen molar-refractivity contribution in [1.29, 1.82) is 0 Å². The number of hydrogen-bond acceptors (Lipinski definition) is 2. The van der Waals surface area contributed by atoms with E-state index in [-0.39, 0.29) is 5.97 Å². The van der Waals surface area contributed by atoms with Crippen LogP contribution in [0.4, 0.5) is 0 Å². The Morgan fingerprint density at radius 1 is 1.21 bits per heavy atom. The van der Waals surface area contributed by atoms with Crippen LogP contribution >= 0.6 is 0 Å². The van der Waals surface area contributed by atoms with Crippen molar-refractivity contribution >= 4 is 12.0 Å². The van der Waals surface area contributed by atoms with Crippen LogP contribution in [0.1, 0.15) is 12.5 Å². The number of hydrogen-bond donors (Lipinski definition) is 0. The van der Waals surface area contributed by atoms with Gasteiger partial charge in [0, 0.05) is 0 Å². The minimum atomic E-state index is -0.272. The molecule has 0 spiro atoms. The third-order valence-corrected chi connectivity index (χ3v) is 1.97. The minimum absolute atomic E-state index is 0.272. The lowest BCUT2D eigenvalue weighted by molar-refractivity contribution is -0.133. The van der Waals surface area contributed by atoms with Crippen molar-refractivity contribution in [2.24, 2.45) is 0 Å². The van der Waals surface area contributed by atoms with E-state index in [4.69, 9.17) is 4.74 Å². The SMILES string of the molecule is CC1=C/C(=C\c2ccccc2)C(=O)O1. The lowest BCUT2D eigenvalue weighted by Crippen LogP contribution is -1.95. The summed E-state index contributed by atoms with van der Waals surface area (Å²) >= 11 is 0. The first-order valence-corrected chi connectivity index (χ1v) is 4.43. The number of allylic oxidation sites excluding steroid dienone is 1. The van der Waals surface area contributed by atoms with Gasteiger partial charge in [-0.2, -0.15) is 0 Å². The van der Waals surface area contributed by atoms with Crippen molar-refractivity contribution in [2.75, 3.05) is 0 Å². The van der Waals surface area contributed by atoms with Crippen molar-refractivity contribution in [1.82, 2.24) is 0 Å². The van der Waals surface area contributed by atoms with Crippen LogP contribution in [0.25, 0.3) is 6.08 Å². The topological polar surface area (TPSA) is 26.3 Å². The number of carbonyl (C=O) groups is 1. The minimum Gasteiger partial charge on any atom is -0.428 e. The van der Waals surface area contributed by atoms with Crippen LogP contribution in [0.2, 0.25) is 0 Å². The lowest BCUT2D eigenvalue weighted by Gasteiger charge is -1.93. The van der Waals surface area contributed by atoms with E-state index in [0.717, 1.165) is 5.56 Å². The van der Waals surface area contributed by atoms with Crippen LogP contribution in [0.3, 0.4) is 0 Å². The van der Waals surface area contributed by atoms with Crippen molar-refractivity contribution in [3.63, 3.8) is 0 Å². The van der Waals surface area contributed by atoms with E-state index in [1.165, 1.54) is 0 Å². The third kappa shape index (κ3) is 1.74. The van der Waals surface area contributed by atoms with E-state index in [2.05, 4.69) is 0 Å². The Kier molecular flexibility index (Phi) is 2.19. The second-order valence-corrected chi connectivity index (χ2v) is 3.15. The van der Waals surface area contributed by atoms with Gasteiger partial charge in [-0.15, -0.1) is 0 Å². The van der Waals surface area contributed by atoms with Gasteiger partial charge in [0.1, 0.15) is 5.76 Å². The van der Waals surface area contributed by atoms with Crippen LogP contribution in [-0.2, 0) is 9.53 Å². The van der Waals surface area contributed by atoms with Crippen molar-refractivity contribution in [3.05, 3.63) is 53.3 Å². The molecule has 0 bridgehead atoms. The maximum Gasteiger partial charge on any atom is 0.343 e. The summed E-state index contributed by atoms with van der Waals surface area (Å²) in [6.45, 7) is 1.77. The molecule has 0 amide bonds. The monoisotopic (exact) mass is 186 g/mol. The number of ether oxygens (including phenoxy) is 1. The second kappa shape index (κ2) is 3.50. The highest BCUT2D eigenvalue weighted by Crippen LogP contribution is 2.18. The highest BCUT2D eigenvalue weighted by molar-refractivity contribution is 5.99. The van der Waals surface area contributed by atoms with E-state index in [0.29, 0.717) is 11.3 Å². The zero-order valence-electron chi connectivity index (χ0n) is 7.86. The summed E-state index contributed by atoms with van der Waals surface area (Å²) < 4.78 is 4.90. The number of esters is 1. The first-order valence-electron chi connectivity index (χ1n) is 4.43. The first-order chi connectivity index (χ1) is 6.75. The molecule has 0 aromatic heterocycles. The van der Waals surface area contributed by atoms with Gasteiger partial charge >= 0.3 is 5.97 Å². The first kappa shape index (κ1) is 8.75. The molecule has 70 valence electrons. The zero-order valence-corrected chi connectivity index (χ0v) is 7.86. The summed E-state index contributed by atoms with van der Waals surface area (Å²) in [6, 6.07) is 9.70. The summed E-state index contributed by atoms with van der Waals surface area (Å²) in [4.78, 5) is 11.2. The van der Waals surface area contributed by atoms with Gasteiger partial charge in [0.25, 0.3) is 0 Å². The molecule has 0 fully saturated rings. The van der Waals surface area contributed by atoms with Crippen LogP contribution in [0.5, 0.6) is 0 Å². The molecule has 1 aliphatic rings. The molecule has 0 saturated carbocycles. The van der Waals surface area contributed by atoms with Gasteiger partial charge < -0.3 is 4.74 Å². The van der Waals surface area contributed by atoms with Crippen molar-refractivity contribution < 1.29 is 9.53 Å². The Morgan fingerprint density at radius 3 is 2.50 bits per heavy atom. The molecule has 0 aliphatic carbocycles. The molecule has 0 unspecified atom stereocenters. The Morgan fingerprint density at radius 2 is 1.93 bits per heavy atom. The van der Waals surface area contributed by atoms with Gasteiger partial charge in [0.15, 0.2) is 0 Å². The molecule has 1 aromatic rings. The van der Waals surface area contributed by atoms with Gasteiger partial charge in [-0.1, -0.05) is 30.3 Å². The van der Waals surface area contributed by atoms with Crippen molar-refractivity contribution in [3.8, 4) is 0 Å². The van der Waals surface area contributed by atoms with E-state index in [9.17, 15) is 4.79 Å². The highest BCUT2D eigenvalue weighted by Gasteiger charge is 2.16. The molecule has 1 aliphatic heterocycles. The van der Waals surface area contributed by atoms with Crippen LogP contribution in [-0.4, -0.2) is 5.97 Å². The van der Waals surface area contributed by atoms with Crippen LogP contribution in [0.15, 0.2) is 47.7 Å². The molecule has 1 aromatic carbocycles. The van der Waals surface area contributed by atoms with Gasteiger partial charge in [-0.3, -0.25) is 0 Å². The van der Waals surface area contributed by atoms with E-state index >= 15 is 0 Å². The normalized spacial score (nSPS) is 18.2. The highest BCUT2D eigenvalue weighted by atomic mass is 16.5.